The van der Waals surface area contributed by atoms with Crippen molar-refractivity contribution >= 4 is 23.1 Å². The number of nitrogens with one attached hydrogen (secondary N) is 2. The Morgan fingerprint density at radius 3 is 2.59 bits per heavy atom. The summed E-state index contributed by atoms with van der Waals surface area (Å²) in [6, 6.07) is 19.5. The fourth-order valence-electron chi connectivity index (χ4n) is 2.75. The number of benzene rings is 2. The zero-order valence-corrected chi connectivity index (χ0v) is 14.9. The number of nitrogens with zero attached hydrogens (tertiary/aromatic N) is 3. The quantitative estimate of drug-likeness (QED) is 0.568. The standard InChI is InChI=1S/C21H19N5O/c1-15-7-9-16(10-8-15)13-22-19-11-12-26-20(25-19)18(14-23-26)21(27)24-17-5-3-2-4-6-17/h2-12,14H,13H2,1H3,(H,22,25)(H,24,27). The second-order valence-electron chi connectivity index (χ2n) is 6.30. The highest BCUT2D eigenvalue weighted by molar-refractivity contribution is 6.08. The van der Waals surface area contributed by atoms with Gasteiger partial charge in [0, 0.05) is 18.4 Å². The van der Waals surface area contributed by atoms with E-state index in [1.807, 2.05) is 36.4 Å². The van der Waals surface area contributed by atoms with Crippen molar-refractivity contribution in [3.05, 3.63) is 89.7 Å². The number of fused-ring (bicyclic) bond motifs is 1. The zero-order valence-electron chi connectivity index (χ0n) is 14.9. The van der Waals surface area contributed by atoms with Gasteiger partial charge in [-0.3, -0.25) is 4.79 Å². The molecule has 2 N–H and O–H groups in total. The van der Waals surface area contributed by atoms with Gasteiger partial charge >= 0.3 is 0 Å². The minimum atomic E-state index is -0.237. The third-order valence-corrected chi connectivity index (χ3v) is 4.24. The molecule has 0 saturated carbocycles. The number of amides is 1. The molecule has 4 aromatic rings. The van der Waals surface area contributed by atoms with E-state index in [-0.39, 0.29) is 5.91 Å². The molecular weight excluding hydrogens is 338 g/mol. The molecular formula is C21H19N5O. The van der Waals surface area contributed by atoms with Gasteiger partial charge in [-0.25, -0.2) is 9.50 Å². The number of carbonyl (C=O) groups is 1. The first-order chi connectivity index (χ1) is 13.2. The number of anilines is 2. The van der Waals surface area contributed by atoms with Crippen molar-refractivity contribution in [1.82, 2.24) is 14.6 Å². The van der Waals surface area contributed by atoms with E-state index in [4.69, 9.17) is 0 Å². The van der Waals surface area contributed by atoms with Gasteiger partial charge in [0.25, 0.3) is 5.91 Å². The molecule has 134 valence electrons. The van der Waals surface area contributed by atoms with Crippen LogP contribution in [0.3, 0.4) is 0 Å². The SMILES string of the molecule is Cc1ccc(CNc2ccn3ncc(C(=O)Nc4ccccc4)c3n2)cc1. The Kier molecular flexibility index (Phi) is 4.53. The molecule has 2 aromatic heterocycles. The molecule has 1 amide bonds. The van der Waals surface area contributed by atoms with Crippen LogP contribution in [-0.2, 0) is 6.54 Å². The van der Waals surface area contributed by atoms with E-state index in [2.05, 4.69) is 51.9 Å². The molecule has 0 bridgehead atoms. The van der Waals surface area contributed by atoms with Crippen LogP contribution in [0.25, 0.3) is 5.65 Å². The van der Waals surface area contributed by atoms with Gasteiger partial charge in [-0.1, -0.05) is 48.0 Å². The van der Waals surface area contributed by atoms with Gasteiger partial charge in [-0.15, -0.1) is 0 Å². The second-order valence-corrected chi connectivity index (χ2v) is 6.30. The zero-order chi connectivity index (χ0) is 18.6. The summed E-state index contributed by atoms with van der Waals surface area (Å²) in [7, 11) is 0. The van der Waals surface area contributed by atoms with Crippen LogP contribution in [0.2, 0.25) is 0 Å². The maximum atomic E-state index is 12.6. The summed E-state index contributed by atoms with van der Waals surface area (Å²) in [4.78, 5) is 17.1. The summed E-state index contributed by atoms with van der Waals surface area (Å²) < 4.78 is 1.59. The summed E-state index contributed by atoms with van der Waals surface area (Å²) in [6.45, 7) is 2.72. The topological polar surface area (TPSA) is 71.3 Å². The molecule has 0 saturated heterocycles. The van der Waals surface area contributed by atoms with E-state index in [0.29, 0.717) is 23.6 Å². The molecule has 27 heavy (non-hydrogen) atoms. The van der Waals surface area contributed by atoms with Crippen LogP contribution < -0.4 is 10.6 Å². The number of aromatic nitrogens is 3. The predicted octanol–water partition coefficient (Wildman–Crippen LogP) is 3.90. The lowest BCUT2D eigenvalue weighted by molar-refractivity contribution is 0.102. The fraction of sp³-hybridized carbons (Fsp3) is 0.0952. The van der Waals surface area contributed by atoms with Crippen LogP contribution in [-0.4, -0.2) is 20.5 Å². The molecule has 6 nitrogen and oxygen atoms in total. The van der Waals surface area contributed by atoms with Crippen LogP contribution in [0.5, 0.6) is 0 Å². The Balaban J connectivity index is 1.53. The van der Waals surface area contributed by atoms with Crippen molar-refractivity contribution < 1.29 is 4.79 Å². The summed E-state index contributed by atoms with van der Waals surface area (Å²) in [5, 5.41) is 10.4. The number of hydrogen-bond acceptors (Lipinski definition) is 4. The first-order valence-corrected chi connectivity index (χ1v) is 8.69. The average molecular weight is 357 g/mol. The van der Waals surface area contributed by atoms with E-state index in [1.165, 1.54) is 11.8 Å². The van der Waals surface area contributed by atoms with Crippen LogP contribution in [0.4, 0.5) is 11.5 Å². The molecule has 6 heteroatoms. The van der Waals surface area contributed by atoms with Gasteiger partial charge in [-0.2, -0.15) is 5.10 Å². The molecule has 0 spiro atoms. The highest BCUT2D eigenvalue weighted by Crippen LogP contribution is 2.15. The van der Waals surface area contributed by atoms with Gasteiger partial charge in [0.2, 0.25) is 0 Å². The maximum absolute atomic E-state index is 12.6. The summed E-state index contributed by atoms with van der Waals surface area (Å²) in [5.41, 5.74) is 4.06. The second kappa shape index (κ2) is 7.29. The van der Waals surface area contributed by atoms with Crippen molar-refractivity contribution in [2.45, 2.75) is 13.5 Å². The lowest BCUT2D eigenvalue weighted by Gasteiger charge is -2.07. The normalized spacial score (nSPS) is 10.7. The van der Waals surface area contributed by atoms with E-state index in [9.17, 15) is 4.79 Å². The van der Waals surface area contributed by atoms with Crippen LogP contribution >= 0.6 is 0 Å². The van der Waals surface area contributed by atoms with Crippen LogP contribution in [0.1, 0.15) is 21.5 Å². The lowest BCUT2D eigenvalue weighted by Crippen LogP contribution is -2.12. The van der Waals surface area contributed by atoms with Gasteiger partial charge in [-0.05, 0) is 30.7 Å². The minimum Gasteiger partial charge on any atom is -0.366 e. The molecule has 0 radical (unpaired) electrons. The third-order valence-electron chi connectivity index (χ3n) is 4.24. The van der Waals surface area contributed by atoms with Gasteiger partial charge in [0.1, 0.15) is 11.4 Å². The Labute approximate surface area is 156 Å². The Bertz CT molecular complexity index is 1070. The molecule has 0 aliphatic carbocycles. The minimum absolute atomic E-state index is 0.237. The van der Waals surface area contributed by atoms with E-state index in [1.54, 1.807) is 10.7 Å². The van der Waals surface area contributed by atoms with Gasteiger partial charge in [0.15, 0.2) is 5.65 Å². The Hall–Kier alpha value is -3.67. The van der Waals surface area contributed by atoms with Gasteiger partial charge in [0.05, 0.1) is 6.20 Å². The number of rotatable bonds is 5. The molecule has 0 aliphatic rings. The summed E-state index contributed by atoms with van der Waals surface area (Å²) >= 11 is 0. The molecule has 4 rings (SSSR count). The first kappa shape index (κ1) is 16.8. The van der Waals surface area contributed by atoms with Crippen molar-refractivity contribution in [2.24, 2.45) is 0 Å². The van der Waals surface area contributed by atoms with E-state index in [0.717, 1.165) is 11.3 Å². The molecule has 0 unspecified atom stereocenters. The van der Waals surface area contributed by atoms with E-state index < -0.39 is 0 Å². The fourth-order valence-corrected chi connectivity index (χ4v) is 2.75. The van der Waals surface area contributed by atoms with Crippen molar-refractivity contribution in [1.29, 1.82) is 0 Å². The monoisotopic (exact) mass is 357 g/mol. The largest absolute Gasteiger partial charge is 0.366 e. The number of para-hydroxylation sites is 1. The highest BCUT2D eigenvalue weighted by Gasteiger charge is 2.14. The van der Waals surface area contributed by atoms with Gasteiger partial charge < -0.3 is 10.6 Å². The van der Waals surface area contributed by atoms with Crippen molar-refractivity contribution in [3.63, 3.8) is 0 Å². The number of aryl methyl sites for hydroxylation is 1. The summed E-state index contributed by atoms with van der Waals surface area (Å²) in [6.07, 6.45) is 3.32. The predicted molar refractivity (Wildman–Crippen MR) is 106 cm³/mol. The molecule has 2 aromatic carbocycles. The highest BCUT2D eigenvalue weighted by atomic mass is 16.1. The average Bonchev–Trinajstić information content (AvgIpc) is 3.12. The third kappa shape index (κ3) is 3.79. The number of carbonyl (C=O) groups excluding carboxylic acids is 1. The number of hydrogen-bond donors (Lipinski definition) is 2. The molecule has 2 heterocycles. The molecule has 0 aliphatic heterocycles. The molecule has 0 atom stereocenters. The van der Waals surface area contributed by atoms with Crippen molar-refractivity contribution in [2.75, 3.05) is 10.6 Å². The Morgan fingerprint density at radius 2 is 1.81 bits per heavy atom. The maximum Gasteiger partial charge on any atom is 0.261 e. The van der Waals surface area contributed by atoms with Crippen LogP contribution in [0.15, 0.2) is 73.1 Å². The summed E-state index contributed by atoms with van der Waals surface area (Å²) in [5.74, 6) is 0.455. The lowest BCUT2D eigenvalue weighted by atomic mass is 10.1. The van der Waals surface area contributed by atoms with E-state index >= 15 is 0 Å². The first-order valence-electron chi connectivity index (χ1n) is 8.69. The smallest absolute Gasteiger partial charge is 0.261 e. The Morgan fingerprint density at radius 1 is 1.04 bits per heavy atom. The van der Waals surface area contributed by atoms with Crippen LogP contribution in [0, 0.1) is 6.92 Å². The van der Waals surface area contributed by atoms with Crippen molar-refractivity contribution in [3.8, 4) is 0 Å². The molecule has 0 fully saturated rings.